The number of fused-ring (bicyclic) bond motifs is 2. The third-order valence-corrected chi connectivity index (χ3v) is 7.58. The van der Waals surface area contributed by atoms with E-state index < -0.39 is 9.84 Å². The van der Waals surface area contributed by atoms with Gasteiger partial charge in [-0.1, -0.05) is 12.8 Å². The first-order valence-electron chi connectivity index (χ1n) is 7.90. The Morgan fingerprint density at radius 1 is 1.11 bits per heavy atom. The molecule has 0 spiro atoms. The molecule has 3 fully saturated rings. The van der Waals surface area contributed by atoms with Crippen molar-refractivity contribution in [1.29, 1.82) is 0 Å². The maximum absolute atomic E-state index is 11.8. The highest BCUT2D eigenvalue weighted by Crippen LogP contribution is 2.49. The van der Waals surface area contributed by atoms with E-state index in [1.54, 1.807) is 0 Å². The molecule has 1 N–H and O–H groups in total. The van der Waals surface area contributed by atoms with E-state index in [1.807, 2.05) is 0 Å². The molecule has 0 heterocycles. The number of hydrogen-bond acceptors (Lipinski definition) is 3. The molecule has 0 aliphatic heterocycles. The molecule has 3 saturated carbocycles. The lowest BCUT2D eigenvalue weighted by Crippen LogP contribution is -2.47. The van der Waals surface area contributed by atoms with Crippen LogP contribution in [0, 0.1) is 17.8 Å². The second-order valence-electron chi connectivity index (χ2n) is 7.20. The van der Waals surface area contributed by atoms with Gasteiger partial charge in [0, 0.05) is 18.3 Å². The molecule has 0 saturated heterocycles. The van der Waals surface area contributed by atoms with E-state index in [0.29, 0.717) is 6.04 Å². The van der Waals surface area contributed by atoms with Crippen LogP contribution in [-0.4, -0.2) is 32.0 Å². The Balaban J connectivity index is 1.61. The summed E-state index contributed by atoms with van der Waals surface area (Å²) in [7, 11) is -2.89. The number of rotatable bonds is 4. The minimum atomic E-state index is -2.89. The molecule has 3 rings (SSSR count). The summed E-state index contributed by atoms with van der Waals surface area (Å²) >= 11 is 0. The lowest BCUT2D eigenvalue weighted by Gasteiger charge is -2.32. The summed E-state index contributed by atoms with van der Waals surface area (Å²) < 4.78 is 23.7. The van der Waals surface area contributed by atoms with Crippen LogP contribution in [0.5, 0.6) is 0 Å². The van der Waals surface area contributed by atoms with Gasteiger partial charge in [0.1, 0.15) is 0 Å². The molecule has 0 radical (unpaired) electrons. The largest absolute Gasteiger partial charge is 0.310 e. The van der Waals surface area contributed by atoms with Crippen molar-refractivity contribution in [2.24, 2.45) is 17.8 Å². The number of nitrogens with one attached hydrogen (secondary N) is 1. The lowest BCUT2D eigenvalue weighted by atomic mass is 9.83. The molecule has 4 heteroatoms. The van der Waals surface area contributed by atoms with Gasteiger partial charge in [-0.15, -0.1) is 0 Å². The van der Waals surface area contributed by atoms with Crippen LogP contribution in [-0.2, 0) is 9.84 Å². The summed E-state index contributed by atoms with van der Waals surface area (Å²) in [6.45, 7) is 2.28. The molecule has 0 amide bonds. The van der Waals surface area contributed by atoms with Crippen molar-refractivity contribution < 1.29 is 8.42 Å². The zero-order valence-electron chi connectivity index (χ0n) is 12.1. The van der Waals surface area contributed by atoms with E-state index in [-0.39, 0.29) is 11.3 Å². The molecular formula is C15H27NO2S. The fraction of sp³-hybridized carbons (Fsp3) is 1.00. The maximum atomic E-state index is 11.8. The normalized spacial score (nSPS) is 43.8. The van der Waals surface area contributed by atoms with Crippen LogP contribution in [0.4, 0.5) is 0 Å². The average molecular weight is 285 g/mol. The highest BCUT2D eigenvalue weighted by Gasteiger charge is 2.43. The average Bonchev–Trinajstić information content (AvgIpc) is 3.02. The van der Waals surface area contributed by atoms with Crippen molar-refractivity contribution in [1.82, 2.24) is 5.32 Å². The van der Waals surface area contributed by atoms with E-state index in [1.165, 1.54) is 31.9 Å². The van der Waals surface area contributed by atoms with Crippen molar-refractivity contribution in [3.05, 3.63) is 0 Å². The quantitative estimate of drug-likeness (QED) is 0.862. The molecule has 3 nitrogen and oxygen atoms in total. The number of hydrogen-bond donors (Lipinski definition) is 1. The zero-order valence-corrected chi connectivity index (χ0v) is 13.0. The van der Waals surface area contributed by atoms with Gasteiger partial charge in [0.15, 0.2) is 9.84 Å². The molecule has 6 atom stereocenters. The van der Waals surface area contributed by atoms with Gasteiger partial charge >= 0.3 is 0 Å². The Morgan fingerprint density at radius 3 is 2.47 bits per heavy atom. The fourth-order valence-electron chi connectivity index (χ4n) is 5.00. The monoisotopic (exact) mass is 285 g/mol. The minimum Gasteiger partial charge on any atom is -0.310 e. The maximum Gasteiger partial charge on any atom is 0.151 e. The van der Waals surface area contributed by atoms with E-state index >= 15 is 0 Å². The van der Waals surface area contributed by atoms with Crippen molar-refractivity contribution in [2.45, 2.75) is 69.2 Å². The molecule has 110 valence electrons. The minimum absolute atomic E-state index is 0.145. The molecule has 0 aromatic heterocycles. The van der Waals surface area contributed by atoms with Gasteiger partial charge in [-0.3, -0.25) is 0 Å². The van der Waals surface area contributed by atoms with Crippen molar-refractivity contribution in [3.63, 3.8) is 0 Å². The van der Waals surface area contributed by atoms with Gasteiger partial charge in [-0.25, -0.2) is 8.42 Å². The van der Waals surface area contributed by atoms with Gasteiger partial charge in [0.25, 0.3) is 0 Å². The Morgan fingerprint density at radius 2 is 1.89 bits per heavy atom. The van der Waals surface area contributed by atoms with Gasteiger partial charge in [0.05, 0.1) is 5.25 Å². The van der Waals surface area contributed by atoms with Crippen LogP contribution >= 0.6 is 0 Å². The highest BCUT2D eigenvalue weighted by atomic mass is 32.2. The summed E-state index contributed by atoms with van der Waals surface area (Å²) in [5, 5.41) is 3.54. The van der Waals surface area contributed by atoms with Crippen LogP contribution < -0.4 is 5.32 Å². The highest BCUT2D eigenvalue weighted by molar-refractivity contribution is 7.91. The third kappa shape index (κ3) is 2.71. The Bertz CT molecular complexity index is 433. The molecule has 19 heavy (non-hydrogen) atoms. The predicted molar refractivity (Wildman–Crippen MR) is 77.8 cm³/mol. The SMILES string of the molecule is CC(NC1CCCC1S(C)(=O)=O)C1CC2CCC1C2. The molecule has 3 aliphatic carbocycles. The second-order valence-corrected chi connectivity index (χ2v) is 9.46. The molecule has 6 unspecified atom stereocenters. The standard InChI is InChI=1S/C15H27NO2S/c1-10(13-9-11-6-7-12(13)8-11)16-14-4-3-5-15(14)19(2,17)18/h10-16H,3-9H2,1-2H3. The summed E-state index contributed by atoms with van der Waals surface area (Å²) in [5.41, 5.74) is 0. The van der Waals surface area contributed by atoms with E-state index in [4.69, 9.17) is 0 Å². The van der Waals surface area contributed by atoms with Crippen LogP contribution in [0.25, 0.3) is 0 Å². The van der Waals surface area contributed by atoms with Gasteiger partial charge < -0.3 is 5.32 Å². The summed E-state index contributed by atoms with van der Waals surface area (Å²) in [5.74, 6) is 2.67. The van der Waals surface area contributed by atoms with Crippen molar-refractivity contribution >= 4 is 9.84 Å². The molecule has 0 aromatic rings. The van der Waals surface area contributed by atoms with Gasteiger partial charge in [-0.2, -0.15) is 0 Å². The van der Waals surface area contributed by atoms with E-state index in [2.05, 4.69) is 12.2 Å². The summed E-state index contributed by atoms with van der Waals surface area (Å²) in [4.78, 5) is 0. The Kier molecular flexibility index (Phi) is 3.67. The lowest BCUT2D eigenvalue weighted by molar-refractivity contribution is 0.245. The van der Waals surface area contributed by atoms with Gasteiger partial charge in [0.2, 0.25) is 0 Å². The third-order valence-electron chi connectivity index (χ3n) is 5.91. The first-order valence-corrected chi connectivity index (χ1v) is 9.85. The number of sulfone groups is 1. The molecular weight excluding hydrogens is 258 g/mol. The Hall–Kier alpha value is -0.0900. The predicted octanol–water partition coefficient (Wildman–Crippen LogP) is 2.37. The topological polar surface area (TPSA) is 46.2 Å². The van der Waals surface area contributed by atoms with Crippen molar-refractivity contribution in [3.8, 4) is 0 Å². The molecule has 2 bridgehead atoms. The van der Waals surface area contributed by atoms with Gasteiger partial charge in [-0.05, 0) is 56.8 Å². The van der Waals surface area contributed by atoms with E-state index in [9.17, 15) is 8.42 Å². The molecule has 3 aliphatic rings. The van der Waals surface area contributed by atoms with Crippen molar-refractivity contribution in [2.75, 3.05) is 6.26 Å². The zero-order chi connectivity index (χ0) is 13.6. The smallest absolute Gasteiger partial charge is 0.151 e. The van der Waals surface area contributed by atoms with E-state index in [0.717, 1.165) is 37.0 Å². The summed E-state index contributed by atoms with van der Waals surface area (Å²) in [6.07, 6.45) is 9.97. The fourth-order valence-corrected chi connectivity index (χ4v) is 6.40. The molecule has 0 aromatic carbocycles. The second kappa shape index (κ2) is 5.03. The van der Waals surface area contributed by atoms with Crippen LogP contribution in [0.3, 0.4) is 0 Å². The van der Waals surface area contributed by atoms with Crippen LogP contribution in [0.15, 0.2) is 0 Å². The van der Waals surface area contributed by atoms with Crippen LogP contribution in [0.2, 0.25) is 0 Å². The Labute approximate surface area is 117 Å². The van der Waals surface area contributed by atoms with Crippen LogP contribution in [0.1, 0.15) is 51.9 Å². The summed E-state index contributed by atoms with van der Waals surface area (Å²) in [6, 6.07) is 0.687. The first kappa shape index (κ1) is 13.9. The first-order chi connectivity index (χ1) is 8.95.